The first-order valence-corrected chi connectivity index (χ1v) is 8.66. The van der Waals surface area contributed by atoms with Crippen LogP contribution in [0.5, 0.6) is 0 Å². The first kappa shape index (κ1) is 16.1. The van der Waals surface area contributed by atoms with E-state index in [1.54, 1.807) is 12.3 Å². The van der Waals surface area contributed by atoms with Gasteiger partial charge in [0, 0.05) is 17.5 Å². The summed E-state index contributed by atoms with van der Waals surface area (Å²) in [6, 6.07) is 6.50. The van der Waals surface area contributed by atoms with Crippen LogP contribution in [0.2, 0.25) is 0 Å². The van der Waals surface area contributed by atoms with Crippen LogP contribution in [0.3, 0.4) is 0 Å². The van der Waals surface area contributed by atoms with Crippen LogP contribution in [0, 0.1) is 5.82 Å². The SMILES string of the molecule is NC1(C(=O)Nc2ncc(Cc3cccc(F)c3)s2)CCCCC1. The Morgan fingerprint density at radius 1 is 1.35 bits per heavy atom. The van der Waals surface area contributed by atoms with Crippen LogP contribution in [0.15, 0.2) is 30.5 Å². The Hall–Kier alpha value is -1.79. The van der Waals surface area contributed by atoms with Gasteiger partial charge in [0.05, 0.1) is 5.54 Å². The molecule has 1 amide bonds. The second kappa shape index (κ2) is 6.76. The molecule has 23 heavy (non-hydrogen) atoms. The lowest BCUT2D eigenvalue weighted by Gasteiger charge is -2.31. The molecule has 0 unspecified atom stereocenters. The summed E-state index contributed by atoms with van der Waals surface area (Å²) in [7, 11) is 0. The Morgan fingerprint density at radius 2 is 2.13 bits per heavy atom. The molecule has 4 nitrogen and oxygen atoms in total. The van der Waals surface area contributed by atoms with E-state index in [9.17, 15) is 9.18 Å². The van der Waals surface area contributed by atoms with Crippen LogP contribution >= 0.6 is 11.3 Å². The molecule has 1 aliphatic carbocycles. The summed E-state index contributed by atoms with van der Waals surface area (Å²) in [5.41, 5.74) is 6.33. The molecule has 1 heterocycles. The van der Waals surface area contributed by atoms with Crippen LogP contribution in [0.4, 0.5) is 9.52 Å². The first-order valence-electron chi connectivity index (χ1n) is 7.85. The molecule has 0 radical (unpaired) electrons. The van der Waals surface area contributed by atoms with E-state index in [4.69, 9.17) is 5.73 Å². The molecule has 0 aliphatic heterocycles. The Morgan fingerprint density at radius 3 is 2.87 bits per heavy atom. The second-order valence-corrected chi connectivity index (χ2v) is 7.22. The number of nitrogens with zero attached hydrogens (tertiary/aromatic N) is 1. The molecular formula is C17H20FN3OS. The number of thiazole rings is 1. The lowest BCUT2D eigenvalue weighted by atomic mass is 9.82. The molecule has 3 rings (SSSR count). The van der Waals surface area contributed by atoms with Crippen molar-refractivity contribution >= 4 is 22.4 Å². The summed E-state index contributed by atoms with van der Waals surface area (Å²) in [6.07, 6.45) is 6.88. The van der Waals surface area contributed by atoms with Crippen molar-refractivity contribution in [2.24, 2.45) is 5.73 Å². The van der Waals surface area contributed by atoms with Crippen molar-refractivity contribution in [1.82, 2.24) is 4.98 Å². The number of benzene rings is 1. The number of nitrogens with two attached hydrogens (primary N) is 1. The highest BCUT2D eigenvalue weighted by Gasteiger charge is 2.35. The highest BCUT2D eigenvalue weighted by molar-refractivity contribution is 7.15. The highest BCUT2D eigenvalue weighted by Crippen LogP contribution is 2.28. The largest absolute Gasteiger partial charge is 0.317 e. The van der Waals surface area contributed by atoms with E-state index in [1.807, 2.05) is 6.07 Å². The molecule has 0 atom stereocenters. The van der Waals surface area contributed by atoms with E-state index < -0.39 is 5.54 Å². The van der Waals surface area contributed by atoms with Gasteiger partial charge in [-0.15, -0.1) is 11.3 Å². The summed E-state index contributed by atoms with van der Waals surface area (Å²) < 4.78 is 13.2. The van der Waals surface area contributed by atoms with Gasteiger partial charge in [-0.2, -0.15) is 0 Å². The van der Waals surface area contributed by atoms with E-state index in [2.05, 4.69) is 10.3 Å². The van der Waals surface area contributed by atoms with E-state index in [-0.39, 0.29) is 11.7 Å². The second-order valence-electron chi connectivity index (χ2n) is 6.11. The summed E-state index contributed by atoms with van der Waals surface area (Å²) in [5, 5.41) is 3.39. The zero-order chi connectivity index (χ0) is 16.3. The van der Waals surface area contributed by atoms with E-state index in [0.717, 1.165) is 42.5 Å². The number of halogens is 1. The number of amides is 1. The van der Waals surface area contributed by atoms with Gasteiger partial charge in [-0.1, -0.05) is 31.4 Å². The van der Waals surface area contributed by atoms with Gasteiger partial charge >= 0.3 is 0 Å². The number of anilines is 1. The van der Waals surface area contributed by atoms with Crippen LogP contribution < -0.4 is 11.1 Å². The van der Waals surface area contributed by atoms with Gasteiger partial charge in [-0.25, -0.2) is 9.37 Å². The number of carbonyl (C=O) groups is 1. The predicted octanol–water partition coefficient (Wildman–Crippen LogP) is 3.47. The van der Waals surface area contributed by atoms with Crippen LogP contribution in [0.1, 0.15) is 42.5 Å². The van der Waals surface area contributed by atoms with Crippen LogP contribution in [-0.4, -0.2) is 16.4 Å². The minimum absolute atomic E-state index is 0.149. The zero-order valence-corrected chi connectivity index (χ0v) is 13.7. The van der Waals surface area contributed by atoms with E-state index >= 15 is 0 Å². The number of rotatable bonds is 4. The Balaban J connectivity index is 1.64. The van der Waals surface area contributed by atoms with Gasteiger partial charge in [-0.05, 0) is 30.5 Å². The minimum Gasteiger partial charge on any atom is -0.317 e. The first-order chi connectivity index (χ1) is 11.0. The van der Waals surface area contributed by atoms with Crippen molar-refractivity contribution in [1.29, 1.82) is 0 Å². The molecule has 6 heteroatoms. The lowest BCUT2D eigenvalue weighted by Crippen LogP contribution is -2.52. The number of hydrogen-bond acceptors (Lipinski definition) is 4. The monoisotopic (exact) mass is 333 g/mol. The van der Waals surface area contributed by atoms with Gasteiger partial charge in [0.1, 0.15) is 5.82 Å². The highest BCUT2D eigenvalue weighted by atomic mass is 32.1. The lowest BCUT2D eigenvalue weighted by molar-refractivity contribution is -0.122. The molecule has 3 N–H and O–H groups in total. The summed E-state index contributed by atoms with van der Waals surface area (Å²) >= 11 is 1.40. The molecule has 1 fully saturated rings. The standard InChI is InChI=1S/C17H20FN3OS/c18-13-6-4-5-12(9-13)10-14-11-20-16(23-14)21-15(22)17(19)7-2-1-3-8-17/h4-6,9,11H,1-3,7-8,10,19H2,(H,20,21,22). The van der Waals surface area contributed by atoms with Crippen molar-refractivity contribution < 1.29 is 9.18 Å². The van der Waals surface area contributed by atoms with Crippen molar-refractivity contribution in [2.75, 3.05) is 5.32 Å². The average Bonchev–Trinajstić information content (AvgIpc) is 2.95. The number of carbonyl (C=O) groups excluding carboxylic acids is 1. The Labute approximate surface area is 138 Å². The van der Waals surface area contributed by atoms with Crippen molar-refractivity contribution in [3.63, 3.8) is 0 Å². The number of hydrogen-bond donors (Lipinski definition) is 2. The average molecular weight is 333 g/mol. The maximum absolute atomic E-state index is 13.2. The fraction of sp³-hybridized carbons (Fsp3) is 0.412. The topological polar surface area (TPSA) is 68.0 Å². The van der Waals surface area contributed by atoms with Gasteiger partial charge < -0.3 is 11.1 Å². The van der Waals surface area contributed by atoms with Crippen molar-refractivity contribution in [3.8, 4) is 0 Å². The van der Waals surface area contributed by atoms with Gasteiger partial charge in [0.2, 0.25) is 5.91 Å². The molecule has 0 saturated heterocycles. The fourth-order valence-electron chi connectivity index (χ4n) is 2.93. The molecular weight excluding hydrogens is 313 g/mol. The summed E-state index contributed by atoms with van der Waals surface area (Å²) in [5.74, 6) is -0.397. The zero-order valence-electron chi connectivity index (χ0n) is 12.8. The van der Waals surface area contributed by atoms with E-state index in [1.165, 1.54) is 23.5 Å². The molecule has 1 aromatic carbocycles. The third-order valence-corrected chi connectivity index (χ3v) is 5.15. The molecule has 122 valence electrons. The predicted molar refractivity (Wildman–Crippen MR) is 90.0 cm³/mol. The van der Waals surface area contributed by atoms with Crippen LogP contribution in [-0.2, 0) is 11.2 Å². The molecule has 1 saturated carbocycles. The molecule has 0 spiro atoms. The number of aromatic nitrogens is 1. The third-order valence-electron chi connectivity index (χ3n) is 4.24. The molecule has 1 aliphatic rings. The Kier molecular flexibility index (Phi) is 4.73. The summed E-state index contributed by atoms with van der Waals surface area (Å²) in [4.78, 5) is 17.6. The maximum atomic E-state index is 13.2. The number of nitrogens with one attached hydrogen (secondary N) is 1. The van der Waals surface area contributed by atoms with Crippen LogP contribution in [0.25, 0.3) is 0 Å². The maximum Gasteiger partial charge on any atom is 0.246 e. The van der Waals surface area contributed by atoms with Gasteiger partial charge in [0.15, 0.2) is 5.13 Å². The molecule has 1 aromatic heterocycles. The molecule has 2 aromatic rings. The Bertz CT molecular complexity index is 695. The van der Waals surface area contributed by atoms with E-state index in [0.29, 0.717) is 11.6 Å². The smallest absolute Gasteiger partial charge is 0.246 e. The normalized spacial score (nSPS) is 17.0. The fourth-order valence-corrected chi connectivity index (χ4v) is 3.77. The third kappa shape index (κ3) is 3.95. The summed E-state index contributed by atoms with van der Waals surface area (Å²) in [6.45, 7) is 0. The van der Waals surface area contributed by atoms with Crippen molar-refractivity contribution in [2.45, 2.75) is 44.1 Å². The minimum atomic E-state index is -0.771. The van der Waals surface area contributed by atoms with Gasteiger partial charge in [0.25, 0.3) is 0 Å². The molecule has 0 bridgehead atoms. The quantitative estimate of drug-likeness (QED) is 0.900. The van der Waals surface area contributed by atoms with Crippen molar-refractivity contribution in [3.05, 3.63) is 46.7 Å². The van der Waals surface area contributed by atoms with Gasteiger partial charge in [-0.3, -0.25) is 4.79 Å².